The van der Waals surface area contributed by atoms with Crippen molar-refractivity contribution < 1.29 is 19.1 Å². The highest BCUT2D eigenvalue weighted by atomic mass is 16.5. The molecule has 1 N–H and O–H groups in total. The zero-order chi connectivity index (χ0) is 20.7. The van der Waals surface area contributed by atoms with Gasteiger partial charge in [-0.2, -0.15) is 0 Å². The van der Waals surface area contributed by atoms with Crippen molar-refractivity contribution in [1.29, 1.82) is 0 Å². The van der Waals surface area contributed by atoms with Crippen LogP contribution in [0, 0.1) is 5.41 Å². The van der Waals surface area contributed by atoms with Crippen LogP contribution < -0.4 is 10.1 Å². The number of benzene rings is 1. The van der Waals surface area contributed by atoms with Gasteiger partial charge in [0.05, 0.1) is 12.5 Å². The van der Waals surface area contributed by atoms with E-state index in [2.05, 4.69) is 11.4 Å². The number of carbonyl (C=O) groups is 2. The molecule has 0 unspecified atom stereocenters. The summed E-state index contributed by atoms with van der Waals surface area (Å²) < 4.78 is 10.6. The molecule has 158 valence electrons. The molecule has 1 aliphatic heterocycles. The molecular weight excluding hydrogens is 368 g/mol. The second-order valence-electron chi connectivity index (χ2n) is 7.99. The molecule has 29 heavy (non-hydrogen) atoms. The Kier molecular flexibility index (Phi) is 7.31. The van der Waals surface area contributed by atoms with Crippen LogP contribution in [0.2, 0.25) is 0 Å². The maximum absolute atomic E-state index is 13.2. The van der Waals surface area contributed by atoms with Crippen molar-refractivity contribution in [2.75, 3.05) is 40.0 Å². The van der Waals surface area contributed by atoms with Crippen molar-refractivity contribution >= 4 is 11.8 Å². The number of ether oxygens (including phenoxy) is 2. The van der Waals surface area contributed by atoms with Gasteiger partial charge >= 0.3 is 0 Å². The van der Waals surface area contributed by atoms with Crippen molar-refractivity contribution in [3.63, 3.8) is 0 Å². The molecule has 2 aliphatic rings. The number of likely N-dealkylation sites (tertiary alicyclic amines) is 1. The van der Waals surface area contributed by atoms with Gasteiger partial charge in [0, 0.05) is 26.2 Å². The molecule has 0 bridgehead atoms. The molecule has 1 aliphatic carbocycles. The van der Waals surface area contributed by atoms with Gasteiger partial charge in [-0.3, -0.25) is 9.59 Å². The average molecular weight is 401 g/mol. The van der Waals surface area contributed by atoms with Crippen LogP contribution in [0.25, 0.3) is 0 Å². The lowest BCUT2D eigenvalue weighted by Crippen LogP contribution is -2.66. The van der Waals surface area contributed by atoms with Crippen molar-refractivity contribution in [3.05, 3.63) is 41.5 Å². The van der Waals surface area contributed by atoms with E-state index in [4.69, 9.17) is 9.47 Å². The molecule has 1 saturated heterocycles. The summed E-state index contributed by atoms with van der Waals surface area (Å²) in [6.07, 6.45) is 7.40. The molecule has 0 saturated carbocycles. The third-order valence-electron chi connectivity index (χ3n) is 5.79. The van der Waals surface area contributed by atoms with Gasteiger partial charge in [-0.25, -0.2) is 0 Å². The molecule has 3 rings (SSSR count). The molecule has 1 aromatic carbocycles. The van der Waals surface area contributed by atoms with Crippen LogP contribution in [0.4, 0.5) is 0 Å². The third kappa shape index (κ3) is 5.38. The third-order valence-corrected chi connectivity index (χ3v) is 5.79. The van der Waals surface area contributed by atoms with E-state index in [0.717, 1.165) is 24.2 Å². The Bertz CT molecular complexity index is 753. The molecule has 2 amide bonds. The van der Waals surface area contributed by atoms with Crippen LogP contribution in [0.5, 0.6) is 5.75 Å². The predicted octanol–water partition coefficient (Wildman–Crippen LogP) is 2.72. The Labute approximate surface area is 173 Å². The predicted molar refractivity (Wildman–Crippen MR) is 112 cm³/mol. The number of hydrogen-bond donors (Lipinski definition) is 1. The summed E-state index contributed by atoms with van der Waals surface area (Å²) in [4.78, 5) is 27.2. The van der Waals surface area contributed by atoms with Crippen LogP contribution in [-0.4, -0.2) is 56.7 Å². The first-order valence-corrected chi connectivity index (χ1v) is 10.5. The monoisotopic (exact) mass is 400 g/mol. The molecule has 0 aromatic heterocycles. The summed E-state index contributed by atoms with van der Waals surface area (Å²) in [6, 6.07) is 7.79. The number of allylic oxidation sites excluding steroid dienone is 1. The zero-order valence-electron chi connectivity index (χ0n) is 17.5. The van der Waals surface area contributed by atoms with Gasteiger partial charge in [0.25, 0.3) is 0 Å². The first-order chi connectivity index (χ1) is 14.1. The van der Waals surface area contributed by atoms with Crippen LogP contribution in [0.3, 0.4) is 0 Å². The van der Waals surface area contributed by atoms with E-state index in [1.54, 1.807) is 12.0 Å². The highest BCUT2D eigenvalue weighted by molar-refractivity contribution is 5.88. The van der Waals surface area contributed by atoms with Crippen molar-refractivity contribution in [2.45, 2.75) is 39.0 Å². The van der Waals surface area contributed by atoms with E-state index in [1.807, 2.05) is 31.2 Å². The summed E-state index contributed by atoms with van der Waals surface area (Å²) in [5.74, 6) is 0.734. The van der Waals surface area contributed by atoms with E-state index in [9.17, 15) is 9.59 Å². The fraction of sp³-hybridized carbons (Fsp3) is 0.565. The second kappa shape index (κ2) is 9.92. The van der Waals surface area contributed by atoms with Gasteiger partial charge in [-0.15, -0.1) is 0 Å². The Morgan fingerprint density at radius 1 is 1.24 bits per heavy atom. The van der Waals surface area contributed by atoms with Crippen LogP contribution in [0.1, 0.15) is 38.2 Å². The Morgan fingerprint density at radius 3 is 2.76 bits per heavy atom. The van der Waals surface area contributed by atoms with Crippen LogP contribution in [-0.2, 0) is 20.7 Å². The van der Waals surface area contributed by atoms with E-state index in [-0.39, 0.29) is 18.4 Å². The molecule has 0 radical (unpaired) electrons. The maximum atomic E-state index is 13.2. The summed E-state index contributed by atoms with van der Waals surface area (Å²) in [6.45, 7) is 3.88. The quantitative estimate of drug-likeness (QED) is 0.647. The fourth-order valence-corrected chi connectivity index (χ4v) is 4.10. The molecule has 0 atom stereocenters. The minimum Gasteiger partial charge on any atom is -0.497 e. The summed E-state index contributed by atoms with van der Waals surface area (Å²) in [5, 5.41) is 3.14. The van der Waals surface area contributed by atoms with Crippen molar-refractivity contribution in [1.82, 2.24) is 10.2 Å². The zero-order valence-corrected chi connectivity index (χ0v) is 17.5. The lowest BCUT2D eigenvalue weighted by atomic mass is 9.73. The molecule has 1 fully saturated rings. The fourth-order valence-electron chi connectivity index (χ4n) is 4.10. The van der Waals surface area contributed by atoms with Crippen LogP contribution in [0.15, 0.2) is 35.9 Å². The summed E-state index contributed by atoms with van der Waals surface area (Å²) >= 11 is 0. The number of methoxy groups -OCH3 is 1. The van der Waals surface area contributed by atoms with Crippen molar-refractivity contribution in [3.8, 4) is 5.75 Å². The smallest absolute Gasteiger partial charge is 0.248 e. The van der Waals surface area contributed by atoms with E-state index < -0.39 is 5.41 Å². The largest absolute Gasteiger partial charge is 0.497 e. The lowest BCUT2D eigenvalue weighted by molar-refractivity contribution is -0.156. The SMILES string of the molecule is CCOCC(=O)N1CC(Cc2cccc(OC)c2)(C(=O)NCC2=CCCCC2)C1. The molecule has 0 spiro atoms. The normalized spacial score (nSPS) is 17.9. The molecule has 1 aromatic rings. The molecule has 1 heterocycles. The van der Waals surface area contributed by atoms with E-state index >= 15 is 0 Å². The van der Waals surface area contributed by atoms with Crippen LogP contribution >= 0.6 is 0 Å². The van der Waals surface area contributed by atoms with E-state index in [1.165, 1.54) is 18.4 Å². The first-order valence-electron chi connectivity index (χ1n) is 10.5. The average Bonchev–Trinajstić information content (AvgIpc) is 2.73. The van der Waals surface area contributed by atoms with Gasteiger partial charge in [0.1, 0.15) is 12.4 Å². The van der Waals surface area contributed by atoms with Gasteiger partial charge in [-0.05, 0) is 56.7 Å². The summed E-state index contributed by atoms with van der Waals surface area (Å²) in [5.41, 5.74) is 1.74. The maximum Gasteiger partial charge on any atom is 0.248 e. The Balaban J connectivity index is 1.68. The highest BCUT2D eigenvalue weighted by Crippen LogP contribution is 2.35. The van der Waals surface area contributed by atoms with Gasteiger partial charge < -0.3 is 19.7 Å². The van der Waals surface area contributed by atoms with E-state index in [0.29, 0.717) is 32.7 Å². The number of hydrogen-bond acceptors (Lipinski definition) is 4. The Hall–Kier alpha value is -2.34. The Morgan fingerprint density at radius 2 is 2.07 bits per heavy atom. The minimum absolute atomic E-state index is 0.0206. The van der Waals surface area contributed by atoms with Gasteiger partial charge in [-0.1, -0.05) is 23.8 Å². The second-order valence-corrected chi connectivity index (χ2v) is 7.99. The number of rotatable bonds is 9. The first kappa shape index (κ1) is 21.4. The number of carbonyl (C=O) groups excluding carboxylic acids is 2. The number of nitrogens with one attached hydrogen (secondary N) is 1. The van der Waals surface area contributed by atoms with Gasteiger partial charge in [0.15, 0.2) is 0 Å². The van der Waals surface area contributed by atoms with Crippen molar-refractivity contribution in [2.24, 2.45) is 5.41 Å². The lowest BCUT2D eigenvalue weighted by Gasteiger charge is -2.49. The number of nitrogens with zero attached hydrogens (tertiary/aromatic N) is 1. The molecule has 6 heteroatoms. The minimum atomic E-state index is -0.608. The highest BCUT2D eigenvalue weighted by Gasteiger charge is 2.50. The summed E-state index contributed by atoms with van der Waals surface area (Å²) in [7, 11) is 1.64. The topological polar surface area (TPSA) is 67.9 Å². The number of amides is 2. The standard InChI is InChI=1S/C23H32N2O4/c1-3-29-15-21(26)25-16-23(17-25,13-19-10-7-11-20(12-19)28-2)22(27)24-14-18-8-5-4-6-9-18/h7-8,10-12H,3-6,9,13-17H2,1-2H3,(H,24,27). The van der Waals surface area contributed by atoms with Gasteiger partial charge in [0.2, 0.25) is 11.8 Å². The molecular formula is C23H32N2O4. The molecule has 6 nitrogen and oxygen atoms in total.